The van der Waals surface area contributed by atoms with Crippen molar-refractivity contribution in [1.82, 2.24) is 15.2 Å². The Hall–Kier alpha value is -2.39. The Bertz CT molecular complexity index is 1020. The molecule has 25 heavy (non-hydrogen) atoms. The smallest absolute Gasteiger partial charge is 0.229 e. The number of nitrogens with one attached hydrogen (secondary N) is 3. The van der Waals surface area contributed by atoms with Crippen LogP contribution in [0, 0.1) is 6.92 Å². The number of aromatic nitrogens is 3. The van der Waals surface area contributed by atoms with Gasteiger partial charge in [0.25, 0.3) is 0 Å². The van der Waals surface area contributed by atoms with E-state index < -0.39 is 10.0 Å². The summed E-state index contributed by atoms with van der Waals surface area (Å²) in [6.45, 7) is 1.89. The van der Waals surface area contributed by atoms with Crippen LogP contribution in [0.15, 0.2) is 47.1 Å². The number of aromatic amines is 1. The molecule has 3 rings (SSSR count). The summed E-state index contributed by atoms with van der Waals surface area (Å²) >= 11 is 3.35. The number of anilines is 3. The van der Waals surface area contributed by atoms with Gasteiger partial charge in [0.15, 0.2) is 5.82 Å². The van der Waals surface area contributed by atoms with E-state index in [4.69, 9.17) is 0 Å². The van der Waals surface area contributed by atoms with E-state index in [9.17, 15) is 8.42 Å². The molecule has 0 aliphatic heterocycles. The van der Waals surface area contributed by atoms with Crippen LogP contribution in [0.1, 0.15) is 5.56 Å². The number of rotatable bonds is 5. The molecule has 0 unspecified atom stereocenters. The highest BCUT2D eigenvalue weighted by molar-refractivity contribution is 9.10. The van der Waals surface area contributed by atoms with Gasteiger partial charge in [-0.3, -0.25) is 9.82 Å². The van der Waals surface area contributed by atoms with E-state index in [0.717, 1.165) is 33.5 Å². The van der Waals surface area contributed by atoms with E-state index >= 15 is 0 Å². The molecule has 0 saturated heterocycles. The first-order valence-corrected chi connectivity index (χ1v) is 10.0. The molecule has 3 N–H and O–H groups in total. The Kier molecular flexibility index (Phi) is 4.78. The van der Waals surface area contributed by atoms with E-state index in [0.29, 0.717) is 11.5 Å². The van der Waals surface area contributed by atoms with Gasteiger partial charge < -0.3 is 5.32 Å². The number of benzene rings is 1. The third-order valence-corrected chi connectivity index (χ3v) is 4.41. The van der Waals surface area contributed by atoms with E-state index in [-0.39, 0.29) is 0 Å². The van der Waals surface area contributed by atoms with Gasteiger partial charge in [0.05, 0.1) is 17.6 Å². The van der Waals surface area contributed by atoms with Gasteiger partial charge in [0.1, 0.15) is 4.60 Å². The zero-order valence-corrected chi connectivity index (χ0v) is 15.9. The van der Waals surface area contributed by atoms with Crippen molar-refractivity contribution < 1.29 is 8.42 Å². The monoisotopic (exact) mass is 421 g/mol. The van der Waals surface area contributed by atoms with E-state index in [1.807, 2.05) is 31.2 Å². The number of aryl methyl sites for hydroxylation is 1. The predicted molar refractivity (Wildman–Crippen MR) is 102 cm³/mol. The molecule has 0 aliphatic carbocycles. The lowest BCUT2D eigenvalue weighted by atomic mass is 10.2. The fraction of sp³-hybridized carbons (Fsp3) is 0.125. The van der Waals surface area contributed by atoms with Crippen LogP contribution >= 0.6 is 15.9 Å². The third kappa shape index (κ3) is 4.58. The van der Waals surface area contributed by atoms with Crippen molar-refractivity contribution in [2.45, 2.75) is 6.92 Å². The molecule has 3 aromatic rings. The maximum Gasteiger partial charge on any atom is 0.229 e. The van der Waals surface area contributed by atoms with Crippen molar-refractivity contribution in [2.75, 3.05) is 16.3 Å². The van der Waals surface area contributed by atoms with Crippen molar-refractivity contribution in [2.24, 2.45) is 0 Å². The van der Waals surface area contributed by atoms with Gasteiger partial charge in [0.2, 0.25) is 10.0 Å². The highest BCUT2D eigenvalue weighted by Gasteiger charge is 2.08. The summed E-state index contributed by atoms with van der Waals surface area (Å²) in [5.41, 5.74) is 3.81. The fourth-order valence-corrected chi connectivity index (χ4v) is 3.19. The highest BCUT2D eigenvalue weighted by atomic mass is 79.9. The zero-order chi connectivity index (χ0) is 18.0. The summed E-state index contributed by atoms with van der Waals surface area (Å²) in [6.07, 6.45) is 1.12. The largest absolute Gasteiger partial charge is 0.339 e. The number of sulfonamides is 1. The van der Waals surface area contributed by atoms with E-state index in [1.165, 1.54) is 0 Å². The highest BCUT2D eigenvalue weighted by Crippen LogP contribution is 2.25. The van der Waals surface area contributed by atoms with Crippen LogP contribution in [0.3, 0.4) is 0 Å². The standard InChI is InChI=1S/C16H16BrN5O2S/c1-10-8-11(22-25(2,23)24)6-7-12(10)19-16-9-14(20-21-16)13-4-3-5-15(17)18-13/h3-9,22H,1-2H3,(H2,19,20,21). The molecule has 0 amide bonds. The normalized spacial score (nSPS) is 11.3. The summed E-state index contributed by atoms with van der Waals surface area (Å²) in [5, 5.41) is 10.4. The van der Waals surface area contributed by atoms with Gasteiger partial charge in [-0.15, -0.1) is 0 Å². The molecule has 7 nitrogen and oxygen atoms in total. The number of hydrogen-bond acceptors (Lipinski definition) is 5. The summed E-state index contributed by atoms with van der Waals surface area (Å²) in [6, 6.07) is 12.8. The second-order valence-corrected chi connectivity index (χ2v) is 8.10. The SMILES string of the molecule is Cc1cc(NS(C)(=O)=O)ccc1Nc1cc(-c2cccc(Br)n2)[nH]n1. The van der Waals surface area contributed by atoms with Crippen molar-refractivity contribution in [3.05, 3.63) is 52.6 Å². The molecule has 9 heteroatoms. The summed E-state index contributed by atoms with van der Waals surface area (Å²) in [4.78, 5) is 4.38. The minimum absolute atomic E-state index is 0.520. The molecule has 0 spiro atoms. The van der Waals surface area contributed by atoms with Gasteiger partial charge in [0, 0.05) is 17.4 Å². The summed E-state index contributed by atoms with van der Waals surface area (Å²) in [5.74, 6) is 0.642. The Morgan fingerprint density at radius 2 is 1.96 bits per heavy atom. The first-order valence-electron chi connectivity index (χ1n) is 7.34. The first-order chi connectivity index (χ1) is 11.8. The van der Waals surface area contributed by atoms with Crippen LogP contribution < -0.4 is 10.0 Å². The molecule has 0 radical (unpaired) electrons. The molecule has 0 atom stereocenters. The van der Waals surface area contributed by atoms with Crippen LogP contribution in [0.25, 0.3) is 11.4 Å². The number of H-pyrrole nitrogens is 1. The lowest BCUT2D eigenvalue weighted by Gasteiger charge is -2.10. The lowest BCUT2D eigenvalue weighted by Crippen LogP contribution is -2.09. The van der Waals surface area contributed by atoms with E-state index in [2.05, 4.69) is 41.2 Å². The maximum atomic E-state index is 11.3. The van der Waals surface area contributed by atoms with Crippen molar-refractivity contribution in [3.8, 4) is 11.4 Å². The zero-order valence-electron chi connectivity index (χ0n) is 13.5. The lowest BCUT2D eigenvalue weighted by molar-refractivity contribution is 0.607. The summed E-state index contributed by atoms with van der Waals surface area (Å²) < 4.78 is 25.8. The van der Waals surface area contributed by atoms with Crippen molar-refractivity contribution in [3.63, 3.8) is 0 Å². The number of halogens is 1. The molecule has 0 aliphatic rings. The first kappa shape index (κ1) is 17.4. The van der Waals surface area contributed by atoms with Gasteiger partial charge >= 0.3 is 0 Å². The molecule has 1 aromatic carbocycles. The van der Waals surface area contributed by atoms with Crippen molar-refractivity contribution in [1.29, 1.82) is 0 Å². The van der Waals surface area contributed by atoms with Crippen LogP contribution in [-0.4, -0.2) is 29.9 Å². The van der Waals surface area contributed by atoms with Gasteiger partial charge in [-0.1, -0.05) is 6.07 Å². The molecule has 2 aromatic heterocycles. The average molecular weight is 422 g/mol. The van der Waals surface area contributed by atoms with Crippen LogP contribution in [0.5, 0.6) is 0 Å². The Balaban J connectivity index is 1.79. The molecule has 0 bridgehead atoms. The fourth-order valence-electron chi connectivity index (χ4n) is 2.29. The Morgan fingerprint density at radius 3 is 2.64 bits per heavy atom. The summed E-state index contributed by atoms with van der Waals surface area (Å²) in [7, 11) is -3.30. The average Bonchev–Trinajstić information content (AvgIpc) is 2.97. The van der Waals surface area contributed by atoms with Crippen LogP contribution in [-0.2, 0) is 10.0 Å². The molecular formula is C16H16BrN5O2S. The Labute approximate surface area is 154 Å². The Morgan fingerprint density at radius 1 is 1.16 bits per heavy atom. The number of hydrogen-bond donors (Lipinski definition) is 3. The second kappa shape index (κ2) is 6.85. The number of pyridine rings is 1. The molecule has 130 valence electrons. The molecular weight excluding hydrogens is 406 g/mol. The van der Waals surface area contributed by atoms with Crippen molar-refractivity contribution >= 4 is 43.1 Å². The molecule has 0 fully saturated rings. The topological polar surface area (TPSA) is 99.8 Å². The number of nitrogens with zero attached hydrogens (tertiary/aromatic N) is 2. The molecule has 0 saturated carbocycles. The minimum Gasteiger partial charge on any atom is -0.339 e. The van der Waals surface area contributed by atoms with Gasteiger partial charge in [-0.25, -0.2) is 13.4 Å². The van der Waals surface area contributed by atoms with Gasteiger partial charge in [-0.2, -0.15) is 5.10 Å². The second-order valence-electron chi connectivity index (χ2n) is 5.54. The maximum absolute atomic E-state index is 11.3. The minimum atomic E-state index is -3.30. The van der Waals surface area contributed by atoms with Crippen LogP contribution in [0.4, 0.5) is 17.2 Å². The third-order valence-electron chi connectivity index (χ3n) is 3.36. The molecule has 2 heterocycles. The predicted octanol–water partition coefficient (Wildman–Crippen LogP) is 3.66. The van der Waals surface area contributed by atoms with Gasteiger partial charge in [-0.05, 0) is 58.7 Å². The quantitative estimate of drug-likeness (QED) is 0.545. The van der Waals surface area contributed by atoms with Crippen LogP contribution in [0.2, 0.25) is 0 Å². The van der Waals surface area contributed by atoms with E-state index in [1.54, 1.807) is 18.2 Å².